The summed E-state index contributed by atoms with van der Waals surface area (Å²) in [6.07, 6.45) is 0. The minimum absolute atomic E-state index is 0.244. The number of rotatable bonds is 0. The zero-order chi connectivity index (χ0) is 9.56. The first-order chi connectivity index (χ1) is 5.60. The minimum atomic E-state index is -0.496. The van der Waals surface area contributed by atoms with E-state index in [1.807, 2.05) is 0 Å². The van der Waals surface area contributed by atoms with Gasteiger partial charge in [0.15, 0.2) is 0 Å². The predicted molar refractivity (Wildman–Crippen MR) is 45.2 cm³/mol. The molecule has 0 aromatic heterocycles. The SMILES string of the molecule is CNC(=O)/N=C(\C)NC(=O)NC. The van der Waals surface area contributed by atoms with Gasteiger partial charge in [0.1, 0.15) is 5.84 Å². The molecular weight excluding hydrogens is 160 g/mol. The molecule has 0 heterocycles. The van der Waals surface area contributed by atoms with Crippen molar-refractivity contribution in [3.63, 3.8) is 0 Å². The van der Waals surface area contributed by atoms with Crippen molar-refractivity contribution >= 4 is 17.9 Å². The Morgan fingerprint density at radius 3 is 2.17 bits per heavy atom. The van der Waals surface area contributed by atoms with Crippen LogP contribution < -0.4 is 16.0 Å². The largest absolute Gasteiger partial charge is 0.342 e. The first kappa shape index (κ1) is 10.4. The van der Waals surface area contributed by atoms with Crippen molar-refractivity contribution in [3.05, 3.63) is 0 Å². The second kappa shape index (κ2) is 5.11. The molecule has 0 aromatic carbocycles. The van der Waals surface area contributed by atoms with Crippen LogP contribution in [0.15, 0.2) is 4.99 Å². The van der Waals surface area contributed by atoms with Crippen LogP contribution in [0.3, 0.4) is 0 Å². The van der Waals surface area contributed by atoms with E-state index in [1.165, 1.54) is 21.0 Å². The molecule has 0 bridgehead atoms. The number of hydrogen-bond donors (Lipinski definition) is 3. The molecule has 6 heteroatoms. The van der Waals surface area contributed by atoms with Gasteiger partial charge in [-0.3, -0.25) is 5.32 Å². The van der Waals surface area contributed by atoms with E-state index in [9.17, 15) is 9.59 Å². The van der Waals surface area contributed by atoms with Gasteiger partial charge in [-0.25, -0.2) is 9.59 Å². The van der Waals surface area contributed by atoms with Crippen molar-refractivity contribution in [1.29, 1.82) is 0 Å². The lowest BCUT2D eigenvalue weighted by atomic mass is 10.6. The van der Waals surface area contributed by atoms with Crippen molar-refractivity contribution in [2.24, 2.45) is 4.99 Å². The number of nitrogens with zero attached hydrogens (tertiary/aromatic N) is 1. The number of nitrogens with one attached hydrogen (secondary N) is 3. The fourth-order valence-electron chi connectivity index (χ4n) is 0.463. The van der Waals surface area contributed by atoms with Gasteiger partial charge in [0.25, 0.3) is 0 Å². The predicted octanol–water partition coefficient (Wildman–Crippen LogP) is -0.327. The van der Waals surface area contributed by atoms with E-state index in [-0.39, 0.29) is 5.84 Å². The Balaban J connectivity index is 4.02. The molecule has 0 unspecified atom stereocenters. The molecule has 0 rings (SSSR count). The third-order valence-electron chi connectivity index (χ3n) is 1.00. The second-order valence-corrected chi connectivity index (χ2v) is 1.96. The Morgan fingerprint density at radius 1 is 1.17 bits per heavy atom. The summed E-state index contributed by atoms with van der Waals surface area (Å²) < 4.78 is 0. The van der Waals surface area contributed by atoms with Crippen molar-refractivity contribution in [2.45, 2.75) is 6.92 Å². The average Bonchev–Trinajstić information content (AvgIpc) is 2.03. The Hall–Kier alpha value is -1.59. The van der Waals surface area contributed by atoms with Crippen LogP contribution in [0.5, 0.6) is 0 Å². The van der Waals surface area contributed by atoms with E-state index in [0.29, 0.717) is 0 Å². The van der Waals surface area contributed by atoms with Crippen LogP contribution in [0, 0.1) is 0 Å². The Bertz CT molecular complexity index is 212. The standard InChI is InChI=1S/C6H12N4O2/c1-4(9-5(11)7-2)10-6(12)8-3/h1-3H3,(H3,7,8,9,10,11,12). The van der Waals surface area contributed by atoms with Crippen LogP contribution in [-0.4, -0.2) is 32.0 Å². The third-order valence-corrected chi connectivity index (χ3v) is 1.00. The molecule has 3 N–H and O–H groups in total. The van der Waals surface area contributed by atoms with Crippen LogP contribution in [0.4, 0.5) is 9.59 Å². The highest BCUT2D eigenvalue weighted by Gasteiger charge is 1.99. The summed E-state index contributed by atoms with van der Waals surface area (Å²) in [5, 5.41) is 6.95. The first-order valence-corrected chi connectivity index (χ1v) is 3.36. The van der Waals surface area contributed by atoms with E-state index in [4.69, 9.17) is 0 Å². The Labute approximate surface area is 70.4 Å². The van der Waals surface area contributed by atoms with E-state index >= 15 is 0 Å². The number of carbonyl (C=O) groups is 2. The fraction of sp³-hybridized carbons (Fsp3) is 0.500. The molecule has 4 amide bonds. The summed E-state index contributed by atoms with van der Waals surface area (Å²) in [5.41, 5.74) is 0. The smallest absolute Gasteiger partial charge is 0.341 e. The van der Waals surface area contributed by atoms with Gasteiger partial charge in [0.2, 0.25) is 0 Å². The third kappa shape index (κ3) is 4.26. The molecule has 12 heavy (non-hydrogen) atoms. The Morgan fingerprint density at radius 2 is 1.75 bits per heavy atom. The number of amidine groups is 1. The number of aliphatic imine (C=N–C) groups is 1. The molecule has 0 fully saturated rings. The van der Waals surface area contributed by atoms with Crippen LogP contribution in [0.1, 0.15) is 6.92 Å². The van der Waals surface area contributed by atoms with Gasteiger partial charge in [0, 0.05) is 14.1 Å². The van der Waals surface area contributed by atoms with Gasteiger partial charge in [-0.05, 0) is 6.92 Å². The van der Waals surface area contributed by atoms with Crippen LogP contribution >= 0.6 is 0 Å². The maximum Gasteiger partial charge on any atom is 0.342 e. The minimum Gasteiger partial charge on any atom is -0.341 e. The fourth-order valence-corrected chi connectivity index (χ4v) is 0.463. The molecule has 6 nitrogen and oxygen atoms in total. The summed E-state index contributed by atoms with van der Waals surface area (Å²) in [4.78, 5) is 24.8. The summed E-state index contributed by atoms with van der Waals surface area (Å²) in [6, 6.07) is -0.899. The molecule has 68 valence electrons. The summed E-state index contributed by atoms with van der Waals surface area (Å²) in [7, 11) is 2.93. The highest BCUT2D eigenvalue weighted by molar-refractivity contribution is 6.00. The molecule has 0 saturated carbocycles. The van der Waals surface area contributed by atoms with Gasteiger partial charge in [0.05, 0.1) is 0 Å². The number of urea groups is 2. The highest BCUT2D eigenvalue weighted by atomic mass is 16.2. The lowest BCUT2D eigenvalue weighted by Gasteiger charge is -2.01. The summed E-state index contributed by atoms with van der Waals surface area (Å²) >= 11 is 0. The maximum atomic E-state index is 10.7. The Kier molecular flexibility index (Phi) is 4.43. The number of amides is 4. The molecule has 0 aliphatic rings. The lowest BCUT2D eigenvalue weighted by molar-refractivity contribution is 0.247. The molecule has 0 radical (unpaired) electrons. The lowest BCUT2D eigenvalue weighted by Crippen LogP contribution is -2.36. The van der Waals surface area contributed by atoms with Gasteiger partial charge < -0.3 is 10.6 Å². The first-order valence-electron chi connectivity index (χ1n) is 3.36. The van der Waals surface area contributed by atoms with Crippen LogP contribution in [0.25, 0.3) is 0 Å². The molecule has 0 aliphatic carbocycles. The van der Waals surface area contributed by atoms with Crippen molar-refractivity contribution in [3.8, 4) is 0 Å². The van der Waals surface area contributed by atoms with E-state index in [0.717, 1.165) is 0 Å². The van der Waals surface area contributed by atoms with E-state index in [2.05, 4.69) is 20.9 Å². The monoisotopic (exact) mass is 172 g/mol. The van der Waals surface area contributed by atoms with E-state index < -0.39 is 12.1 Å². The molecule has 0 aromatic rings. The molecule has 0 spiro atoms. The topological polar surface area (TPSA) is 82.6 Å². The molecule has 0 atom stereocenters. The second-order valence-electron chi connectivity index (χ2n) is 1.96. The van der Waals surface area contributed by atoms with Crippen molar-refractivity contribution < 1.29 is 9.59 Å². The summed E-state index contributed by atoms with van der Waals surface area (Å²) in [5.74, 6) is 0.244. The van der Waals surface area contributed by atoms with Gasteiger partial charge >= 0.3 is 12.1 Å². The number of carbonyl (C=O) groups excluding carboxylic acids is 2. The zero-order valence-corrected chi connectivity index (χ0v) is 7.26. The highest BCUT2D eigenvalue weighted by Crippen LogP contribution is 1.75. The number of hydrogen-bond acceptors (Lipinski definition) is 2. The average molecular weight is 172 g/mol. The summed E-state index contributed by atoms with van der Waals surface area (Å²) in [6.45, 7) is 1.52. The normalized spacial score (nSPS) is 10.4. The van der Waals surface area contributed by atoms with Crippen molar-refractivity contribution in [2.75, 3.05) is 14.1 Å². The quantitative estimate of drug-likeness (QED) is 0.345. The van der Waals surface area contributed by atoms with Crippen LogP contribution in [-0.2, 0) is 0 Å². The maximum absolute atomic E-state index is 10.7. The van der Waals surface area contributed by atoms with Crippen molar-refractivity contribution in [1.82, 2.24) is 16.0 Å². The van der Waals surface area contributed by atoms with E-state index in [1.54, 1.807) is 0 Å². The van der Waals surface area contributed by atoms with Gasteiger partial charge in [-0.1, -0.05) is 0 Å². The van der Waals surface area contributed by atoms with Crippen LogP contribution in [0.2, 0.25) is 0 Å². The molecular formula is C6H12N4O2. The zero-order valence-electron chi connectivity index (χ0n) is 7.26. The molecule has 0 aliphatic heterocycles. The van der Waals surface area contributed by atoms with Gasteiger partial charge in [-0.2, -0.15) is 4.99 Å². The molecule has 0 saturated heterocycles. The van der Waals surface area contributed by atoms with Gasteiger partial charge in [-0.15, -0.1) is 0 Å².